The summed E-state index contributed by atoms with van der Waals surface area (Å²) in [5.74, 6) is 0.0413. The molecule has 1 saturated carbocycles. The number of nitrogens with zero attached hydrogens (tertiary/aromatic N) is 1. The van der Waals surface area contributed by atoms with Crippen LogP contribution in [0.1, 0.15) is 45.4 Å². The predicted octanol–water partition coefficient (Wildman–Crippen LogP) is 1.91. The molecule has 2 amide bonds. The van der Waals surface area contributed by atoms with Crippen LogP contribution < -0.4 is 5.32 Å². The molecule has 19 heavy (non-hydrogen) atoms. The summed E-state index contributed by atoms with van der Waals surface area (Å²) in [6, 6.07) is 0.352. The summed E-state index contributed by atoms with van der Waals surface area (Å²) < 4.78 is 5.00. The van der Waals surface area contributed by atoms with E-state index in [0.717, 1.165) is 25.7 Å². The average Bonchev–Trinajstić information content (AvgIpc) is 2.92. The van der Waals surface area contributed by atoms with Crippen molar-refractivity contribution >= 4 is 12.0 Å². The first-order chi connectivity index (χ1) is 9.20. The van der Waals surface area contributed by atoms with Crippen LogP contribution in [0.25, 0.3) is 0 Å². The Labute approximate surface area is 114 Å². The van der Waals surface area contributed by atoms with Crippen molar-refractivity contribution < 1.29 is 14.3 Å². The summed E-state index contributed by atoms with van der Waals surface area (Å²) in [4.78, 5) is 25.5. The molecule has 1 saturated heterocycles. The second-order valence-electron chi connectivity index (χ2n) is 5.47. The summed E-state index contributed by atoms with van der Waals surface area (Å²) in [5.41, 5.74) is 0. The Morgan fingerprint density at radius 1 is 1.21 bits per heavy atom. The van der Waals surface area contributed by atoms with Crippen molar-refractivity contribution in [2.24, 2.45) is 5.92 Å². The van der Waals surface area contributed by atoms with E-state index < -0.39 is 0 Å². The topological polar surface area (TPSA) is 58.6 Å². The second kappa shape index (κ2) is 6.78. The molecule has 0 unspecified atom stereocenters. The molecule has 0 radical (unpaired) electrons. The molecule has 1 aliphatic heterocycles. The van der Waals surface area contributed by atoms with E-state index in [1.807, 2.05) is 0 Å². The van der Waals surface area contributed by atoms with Crippen molar-refractivity contribution in [1.29, 1.82) is 0 Å². The van der Waals surface area contributed by atoms with Crippen LogP contribution in [0.2, 0.25) is 0 Å². The summed E-state index contributed by atoms with van der Waals surface area (Å²) in [5, 5.41) is 3.12. The monoisotopic (exact) mass is 268 g/mol. The number of nitrogens with one attached hydrogen (secondary N) is 1. The number of hydrogen-bond acceptors (Lipinski definition) is 3. The third kappa shape index (κ3) is 3.85. The molecule has 1 atom stereocenters. The van der Waals surface area contributed by atoms with Gasteiger partial charge < -0.3 is 15.0 Å². The van der Waals surface area contributed by atoms with E-state index in [1.165, 1.54) is 12.8 Å². The van der Waals surface area contributed by atoms with Crippen molar-refractivity contribution in [3.8, 4) is 0 Å². The number of rotatable bonds is 3. The van der Waals surface area contributed by atoms with Gasteiger partial charge in [-0.25, -0.2) is 4.79 Å². The molecule has 2 aliphatic rings. The Bertz CT molecular complexity index is 327. The van der Waals surface area contributed by atoms with Crippen molar-refractivity contribution in [3.63, 3.8) is 0 Å². The highest BCUT2D eigenvalue weighted by atomic mass is 16.6. The maximum atomic E-state index is 12.2. The second-order valence-corrected chi connectivity index (χ2v) is 5.47. The van der Waals surface area contributed by atoms with Crippen molar-refractivity contribution in [2.75, 3.05) is 19.7 Å². The number of piperidine rings is 1. The molecule has 0 aromatic carbocycles. The molecule has 2 fully saturated rings. The van der Waals surface area contributed by atoms with Crippen LogP contribution in [0.4, 0.5) is 4.79 Å². The van der Waals surface area contributed by atoms with Crippen LogP contribution in [-0.4, -0.2) is 42.6 Å². The van der Waals surface area contributed by atoms with Crippen LogP contribution in [0, 0.1) is 5.92 Å². The third-order valence-corrected chi connectivity index (χ3v) is 4.02. The van der Waals surface area contributed by atoms with E-state index in [0.29, 0.717) is 25.7 Å². The largest absolute Gasteiger partial charge is 0.450 e. The fourth-order valence-corrected chi connectivity index (χ4v) is 2.96. The minimum atomic E-state index is -0.291. The normalized spacial score (nSPS) is 24.3. The van der Waals surface area contributed by atoms with Crippen LogP contribution >= 0.6 is 0 Å². The van der Waals surface area contributed by atoms with Gasteiger partial charge in [0.25, 0.3) is 0 Å². The van der Waals surface area contributed by atoms with Gasteiger partial charge in [-0.1, -0.05) is 12.8 Å². The lowest BCUT2D eigenvalue weighted by molar-refractivity contribution is -0.127. The van der Waals surface area contributed by atoms with Crippen LogP contribution in [0.15, 0.2) is 0 Å². The first-order valence-electron chi connectivity index (χ1n) is 7.42. The fraction of sp³-hybridized carbons (Fsp3) is 0.857. The van der Waals surface area contributed by atoms with Gasteiger partial charge >= 0.3 is 6.09 Å². The number of amides is 2. The summed E-state index contributed by atoms with van der Waals surface area (Å²) >= 11 is 0. The third-order valence-electron chi connectivity index (χ3n) is 4.02. The van der Waals surface area contributed by atoms with E-state index in [-0.39, 0.29) is 17.9 Å². The van der Waals surface area contributed by atoms with E-state index >= 15 is 0 Å². The van der Waals surface area contributed by atoms with Gasteiger partial charge in [0.2, 0.25) is 5.91 Å². The quantitative estimate of drug-likeness (QED) is 0.850. The first-order valence-corrected chi connectivity index (χ1v) is 7.42. The van der Waals surface area contributed by atoms with Crippen molar-refractivity contribution in [2.45, 2.75) is 51.5 Å². The Morgan fingerprint density at radius 3 is 2.63 bits per heavy atom. The molecule has 2 rings (SSSR count). The van der Waals surface area contributed by atoms with Crippen LogP contribution in [0.3, 0.4) is 0 Å². The Balaban J connectivity index is 1.82. The van der Waals surface area contributed by atoms with E-state index in [9.17, 15) is 9.59 Å². The molecular weight excluding hydrogens is 244 g/mol. The zero-order valence-electron chi connectivity index (χ0n) is 11.7. The molecule has 0 aromatic rings. The molecule has 0 spiro atoms. The minimum Gasteiger partial charge on any atom is -0.450 e. The van der Waals surface area contributed by atoms with Gasteiger partial charge in [0.1, 0.15) is 0 Å². The molecule has 0 bridgehead atoms. The molecule has 5 heteroatoms. The number of carbonyl (C=O) groups is 2. The lowest BCUT2D eigenvalue weighted by Crippen LogP contribution is -2.47. The van der Waals surface area contributed by atoms with Gasteiger partial charge in [-0.3, -0.25) is 4.79 Å². The zero-order chi connectivity index (χ0) is 13.7. The van der Waals surface area contributed by atoms with Crippen molar-refractivity contribution in [1.82, 2.24) is 10.2 Å². The minimum absolute atomic E-state index is 0.0706. The highest BCUT2D eigenvalue weighted by molar-refractivity contribution is 5.80. The number of ether oxygens (including phenoxy) is 1. The summed E-state index contributed by atoms with van der Waals surface area (Å²) in [6.07, 6.45) is 6.08. The number of carbonyl (C=O) groups excluding carboxylic acids is 2. The molecule has 108 valence electrons. The van der Waals surface area contributed by atoms with Crippen molar-refractivity contribution in [3.05, 3.63) is 0 Å². The summed E-state index contributed by atoms with van der Waals surface area (Å²) in [6.45, 7) is 3.38. The SMILES string of the molecule is CCOC(=O)N1CCC[C@@H](C(=O)NC2CCCC2)C1. The highest BCUT2D eigenvalue weighted by Crippen LogP contribution is 2.21. The summed E-state index contributed by atoms with van der Waals surface area (Å²) in [7, 11) is 0. The Kier molecular flexibility index (Phi) is 5.05. The Hall–Kier alpha value is -1.26. The lowest BCUT2D eigenvalue weighted by Gasteiger charge is -2.31. The van der Waals surface area contributed by atoms with Crippen LogP contribution in [-0.2, 0) is 9.53 Å². The molecule has 0 aromatic heterocycles. The van der Waals surface area contributed by atoms with Gasteiger partial charge in [-0.15, -0.1) is 0 Å². The van der Waals surface area contributed by atoms with E-state index in [1.54, 1.807) is 11.8 Å². The molecule has 5 nitrogen and oxygen atoms in total. The highest BCUT2D eigenvalue weighted by Gasteiger charge is 2.30. The van der Waals surface area contributed by atoms with E-state index in [4.69, 9.17) is 4.74 Å². The van der Waals surface area contributed by atoms with Crippen LogP contribution in [0.5, 0.6) is 0 Å². The molecule has 1 heterocycles. The van der Waals surface area contributed by atoms with E-state index in [2.05, 4.69) is 5.32 Å². The maximum Gasteiger partial charge on any atom is 0.409 e. The zero-order valence-corrected chi connectivity index (χ0v) is 11.7. The van der Waals surface area contributed by atoms with Gasteiger partial charge in [-0.2, -0.15) is 0 Å². The number of likely N-dealkylation sites (tertiary alicyclic amines) is 1. The maximum absolute atomic E-state index is 12.2. The first kappa shape index (κ1) is 14.2. The molecule has 1 N–H and O–H groups in total. The van der Waals surface area contributed by atoms with Gasteiger partial charge in [0.05, 0.1) is 12.5 Å². The Morgan fingerprint density at radius 2 is 1.95 bits per heavy atom. The molecule has 1 aliphatic carbocycles. The molecular formula is C14H24N2O3. The average molecular weight is 268 g/mol. The van der Waals surface area contributed by atoms with Gasteiger partial charge in [0.15, 0.2) is 0 Å². The fourth-order valence-electron chi connectivity index (χ4n) is 2.96. The smallest absolute Gasteiger partial charge is 0.409 e. The number of hydrogen-bond donors (Lipinski definition) is 1. The van der Waals surface area contributed by atoms with Gasteiger partial charge in [0, 0.05) is 19.1 Å². The lowest BCUT2D eigenvalue weighted by atomic mass is 9.97. The predicted molar refractivity (Wildman–Crippen MR) is 71.7 cm³/mol. The standard InChI is InChI=1S/C14H24N2O3/c1-2-19-14(18)16-9-5-6-11(10-16)13(17)15-12-7-3-4-8-12/h11-12H,2-10H2,1H3,(H,15,17)/t11-/m1/s1. The van der Waals surface area contributed by atoms with Gasteiger partial charge in [-0.05, 0) is 32.6 Å².